The van der Waals surface area contributed by atoms with Gasteiger partial charge in [-0.15, -0.1) is 0 Å². The van der Waals surface area contributed by atoms with E-state index in [4.69, 9.17) is 11.6 Å². The van der Waals surface area contributed by atoms with Crippen LogP contribution in [-0.2, 0) is 0 Å². The molecular formula is C18H12ClNO. The van der Waals surface area contributed by atoms with Gasteiger partial charge in [-0.2, -0.15) is 0 Å². The molecule has 0 amide bonds. The molecule has 1 aromatic heterocycles. The van der Waals surface area contributed by atoms with E-state index in [2.05, 4.69) is 4.98 Å². The first-order valence-electron chi connectivity index (χ1n) is 6.54. The average Bonchev–Trinajstić information content (AvgIpc) is 2.52. The first-order chi connectivity index (χ1) is 10.2. The highest BCUT2D eigenvalue weighted by atomic mass is 35.5. The van der Waals surface area contributed by atoms with Gasteiger partial charge in [0.2, 0.25) is 0 Å². The van der Waals surface area contributed by atoms with E-state index in [1.165, 1.54) is 0 Å². The summed E-state index contributed by atoms with van der Waals surface area (Å²) in [6.45, 7) is 0. The molecule has 3 rings (SSSR count). The molecule has 0 fully saturated rings. The van der Waals surface area contributed by atoms with Crippen molar-refractivity contribution in [3.05, 3.63) is 76.4 Å². The van der Waals surface area contributed by atoms with Gasteiger partial charge in [0, 0.05) is 16.0 Å². The fraction of sp³-hybridized carbons (Fsp3) is 0. The summed E-state index contributed by atoms with van der Waals surface area (Å²) in [6.07, 6.45) is 4.70. The van der Waals surface area contributed by atoms with Crippen molar-refractivity contribution in [2.75, 3.05) is 0 Å². The van der Waals surface area contributed by atoms with Crippen LogP contribution in [-0.4, -0.2) is 11.3 Å². The summed E-state index contributed by atoms with van der Waals surface area (Å²) in [4.78, 5) is 15.3. The minimum atomic E-state index is 0.662. The Morgan fingerprint density at radius 3 is 2.57 bits per heavy atom. The van der Waals surface area contributed by atoms with Crippen molar-refractivity contribution in [3.63, 3.8) is 0 Å². The Labute approximate surface area is 127 Å². The minimum Gasteiger partial charge on any atom is -0.298 e. The number of fused-ring (bicyclic) bond motifs is 1. The summed E-state index contributed by atoms with van der Waals surface area (Å²) in [5.74, 6) is 0. The number of halogens is 1. The van der Waals surface area contributed by atoms with Crippen molar-refractivity contribution >= 4 is 40.9 Å². The normalized spacial score (nSPS) is 11.1. The van der Waals surface area contributed by atoms with Gasteiger partial charge in [0.25, 0.3) is 0 Å². The van der Waals surface area contributed by atoms with E-state index in [1.807, 2.05) is 60.7 Å². The molecule has 0 saturated heterocycles. The Balaban J connectivity index is 1.93. The fourth-order valence-corrected chi connectivity index (χ4v) is 2.28. The van der Waals surface area contributed by atoms with Crippen molar-refractivity contribution < 1.29 is 4.79 Å². The van der Waals surface area contributed by atoms with Crippen molar-refractivity contribution in [3.8, 4) is 0 Å². The lowest BCUT2D eigenvalue weighted by Crippen LogP contribution is -1.84. The Morgan fingerprint density at radius 2 is 1.71 bits per heavy atom. The van der Waals surface area contributed by atoms with Gasteiger partial charge in [-0.25, -0.2) is 4.98 Å². The van der Waals surface area contributed by atoms with E-state index in [1.54, 1.807) is 6.07 Å². The number of aldehydes is 1. The third-order valence-corrected chi connectivity index (χ3v) is 3.40. The van der Waals surface area contributed by atoms with Gasteiger partial charge in [0.05, 0.1) is 11.2 Å². The minimum absolute atomic E-state index is 0.662. The molecule has 3 heteroatoms. The summed E-state index contributed by atoms with van der Waals surface area (Å²) in [7, 11) is 0. The van der Waals surface area contributed by atoms with Gasteiger partial charge in [-0.1, -0.05) is 48.0 Å². The van der Waals surface area contributed by atoms with Gasteiger partial charge in [0.15, 0.2) is 0 Å². The number of hydrogen-bond acceptors (Lipinski definition) is 2. The maximum atomic E-state index is 10.8. The lowest BCUT2D eigenvalue weighted by atomic mass is 10.1. The van der Waals surface area contributed by atoms with Gasteiger partial charge in [0.1, 0.15) is 6.29 Å². The van der Waals surface area contributed by atoms with Crippen LogP contribution < -0.4 is 0 Å². The summed E-state index contributed by atoms with van der Waals surface area (Å²) >= 11 is 5.99. The lowest BCUT2D eigenvalue weighted by Gasteiger charge is -2.00. The molecule has 0 aliphatic carbocycles. The largest absolute Gasteiger partial charge is 0.298 e. The topological polar surface area (TPSA) is 30.0 Å². The number of benzene rings is 2. The second kappa shape index (κ2) is 5.90. The molecule has 0 N–H and O–H groups in total. The highest BCUT2D eigenvalue weighted by Gasteiger charge is 1.97. The molecule has 0 spiro atoms. The van der Waals surface area contributed by atoms with Crippen molar-refractivity contribution in [1.29, 1.82) is 0 Å². The zero-order valence-electron chi connectivity index (χ0n) is 11.2. The van der Waals surface area contributed by atoms with Crippen LogP contribution in [0.3, 0.4) is 0 Å². The van der Waals surface area contributed by atoms with Gasteiger partial charge in [-0.05, 0) is 35.9 Å². The highest BCUT2D eigenvalue weighted by molar-refractivity contribution is 6.31. The maximum Gasteiger partial charge on any atom is 0.150 e. The summed E-state index contributed by atoms with van der Waals surface area (Å²) in [6, 6.07) is 17.0. The molecule has 1 heterocycles. The van der Waals surface area contributed by atoms with E-state index in [-0.39, 0.29) is 0 Å². The number of rotatable bonds is 3. The zero-order valence-corrected chi connectivity index (χ0v) is 11.9. The number of carbonyl (C=O) groups excluding carboxylic acids is 1. The van der Waals surface area contributed by atoms with Crippen LogP contribution in [0, 0.1) is 0 Å². The SMILES string of the molecule is O=Cc1cccc(/C=C\c2ccc3ccc(Cl)cc3n2)c1. The van der Waals surface area contributed by atoms with Crippen LogP contribution in [0.25, 0.3) is 23.1 Å². The average molecular weight is 294 g/mol. The van der Waals surface area contributed by atoms with Crippen LogP contribution in [0.4, 0.5) is 0 Å². The quantitative estimate of drug-likeness (QED) is 0.645. The Kier molecular flexibility index (Phi) is 3.80. The first-order valence-corrected chi connectivity index (χ1v) is 6.92. The van der Waals surface area contributed by atoms with Gasteiger partial charge in [-0.3, -0.25) is 4.79 Å². The Hall–Kier alpha value is -2.45. The second-order valence-electron chi connectivity index (χ2n) is 4.69. The molecule has 2 nitrogen and oxygen atoms in total. The molecular weight excluding hydrogens is 282 g/mol. The highest BCUT2D eigenvalue weighted by Crippen LogP contribution is 2.19. The zero-order chi connectivity index (χ0) is 14.7. The van der Waals surface area contributed by atoms with Crippen molar-refractivity contribution in [2.24, 2.45) is 0 Å². The van der Waals surface area contributed by atoms with Gasteiger partial charge >= 0.3 is 0 Å². The summed E-state index contributed by atoms with van der Waals surface area (Å²) in [5, 5.41) is 1.73. The van der Waals surface area contributed by atoms with E-state index >= 15 is 0 Å². The molecule has 0 aliphatic rings. The Morgan fingerprint density at radius 1 is 0.905 bits per heavy atom. The molecule has 0 saturated carbocycles. The van der Waals surface area contributed by atoms with Crippen molar-refractivity contribution in [2.45, 2.75) is 0 Å². The first kappa shape index (κ1) is 13.5. The monoisotopic (exact) mass is 293 g/mol. The van der Waals surface area contributed by atoms with E-state index in [9.17, 15) is 4.79 Å². The molecule has 2 aromatic carbocycles. The molecule has 3 aromatic rings. The molecule has 102 valence electrons. The van der Waals surface area contributed by atoms with Crippen molar-refractivity contribution in [1.82, 2.24) is 4.98 Å². The van der Waals surface area contributed by atoms with Crippen LogP contribution in [0.1, 0.15) is 21.6 Å². The van der Waals surface area contributed by atoms with Crippen LogP contribution in [0.5, 0.6) is 0 Å². The molecule has 0 aliphatic heterocycles. The molecule has 0 bridgehead atoms. The molecule has 0 radical (unpaired) electrons. The predicted octanol–water partition coefficient (Wildman–Crippen LogP) is 4.87. The predicted molar refractivity (Wildman–Crippen MR) is 87.5 cm³/mol. The van der Waals surface area contributed by atoms with E-state index in [0.29, 0.717) is 10.6 Å². The molecule has 21 heavy (non-hydrogen) atoms. The number of carbonyl (C=O) groups is 1. The van der Waals surface area contributed by atoms with E-state index in [0.717, 1.165) is 28.4 Å². The summed E-state index contributed by atoms with van der Waals surface area (Å²) in [5.41, 5.74) is 3.34. The number of hydrogen-bond donors (Lipinski definition) is 0. The number of pyridine rings is 1. The molecule has 0 atom stereocenters. The third-order valence-electron chi connectivity index (χ3n) is 3.17. The van der Waals surface area contributed by atoms with Gasteiger partial charge < -0.3 is 0 Å². The van der Waals surface area contributed by atoms with Crippen LogP contribution in [0.2, 0.25) is 5.02 Å². The second-order valence-corrected chi connectivity index (χ2v) is 5.13. The summed E-state index contributed by atoms with van der Waals surface area (Å²) < 4.78 is 0. The van der Waals surface area contributed by atoms with E-state index < -0.39 is 0 Å². The van der Waals surface area contributed by atoms with Crippen LogP contribution in [0.15, 0.2) is 54.6 Å². The lowest BCUT2D eigenvalue weighted by molar-refractivity contribution is 0.112. The fourth-order valence-electron chi connectivity index (χ4n) is 2.12. The third kappa shape index (κ3) is 3.18. The van der Waals surface area contributed by atoms with Crippen LogP contribution >= 0.6 is 11.6 Å². The number of aromatic nitrogens is 1. The number of nitrogens with zero attached hydrogens (tertiary/aromatic N) is 1. The Bertz CT molecular complexity index is 839. The molecule has 0 unspecified atom stereocenters. The standard InChI is InChI=1S/C18H12ClNO/c19-16-7-5-15-6-9-17(20-18(15)11-16)8-4-13-2-1-3-14(10-13)12-21/h1-12H/b8-4-. The smallest absolute Gasteiger partial charge is 0.150 e. The maximum absolute atomic E-state index is 10.8.